The van der Waals surface area contributed by atoms with Gasteiger partial charge in [0.1, 0.15) is 18.3 Å². The number of carboxylic acid groups (broad SMARTS) is 1. The lowest BCUT2D eigenvalue weighted by molar-refractivity contribution is -0.295. The molecular weight excluding hydrogens is 290 g/mol. The van der Waals surface area contributed by atoms with Crippen molar-refractivity contribution >= 4 is 11.9 Å². The SMILES string of the molecule is CC(=O)N[C@H]1[C@H]([C@H](O)[C@@H](O)CO)O[C@](O)(C(=O)O)C[C@@H]1O. The Bertz CT molecular complexity index is 403. The Balaban J connectivity index is 3.07. The molecule has 0 aromatic rings. The van der Waals surface area contributed by atoms with Crippen molar-refractivity contribution in [3.8, 4) is 0 Å². The predicted molar refractivity (Wildman–Crippen MR) is 64.8 cm³/mol. The second-order valence-electron chi connectivity index (χ2n) is 4.91. The van der Waals surface area contributed by atoms with E-state index in [4.69, 9.17) is 14.9 Å². The normalized spacial score (nSPS) is 35.8. The van der Waals surface area contributed by atoms with Crippen molar-refractivity contribution in [1.82, 2.24) is 5.32 Å². The van der Waals surface area contributed by atoms with Gasteiger partial charge in [-0.15, -0.1) is 0 Å². The first-order valence-electron chi connectivity index (χ1n) is 6.18. The molecule has 1 saturated heterocycles. The van der Waals surface area contributed by atoms with E-state index in [1.54, 1.807) is 0 Å². The molecule has 0 aliphatic carbocycles. The van der Waals surface area contributed by atoms with Crippen molar-refractivity contribution in [3.05, 3.63) is 0 Å². The summed E-state index contributed by atoms with van der Waals surface area (Å²) in [7, 11) is 0. The lowest BCUT2D eigenvalue weighted by atomic mass is 9.88. The van der Waals surface area contributed by atoms with Gasteiger partial charge in [0.15, 0.2) is 0 Å². The zero-order valence-electron chi connectivity index (χ0n) is 11.2. The number of hydrogen-bond donors (Lipinski definition) is 7. The molecule has 1 aliphatic heterocycles. The highest BCUT2D eigenvalue weighted by atomic mass is 16.7. The number of carbonyl (C=O) groups is 2. The molecule has 0 bridgehead atoms. The summed E-state index contributed by atoms with van der Waals surface area (Å²) in [6, 6.07) is -1.27. The Morgan fingerprint density at radius 2 is 2.00 bits per heavy atom. The van der Waals surface area contributed by atoms with Crippen LogP contribution in [0.4, 0.5) is 0 Å². The van der Waals surface area contributed by atoms with E-state index in [9.17, 15) is 30.0 Å². The highest BCUT2D eigenvalue weighted by Crippen LogP contribution is 2.30. The molecule has 122 valence electrons. The molecule has 1 aliphatic rings. The molecule has 0 radical (unpaired) electrons. The monoisotopic (exact) mass is 309 g/mol. The van der Waals surface area contributed by atoms with Crippen LogP contribution in [-0.2, 0) is 14.3 Å². The van der Waals surface area contributed by atoms with Crippen LogP contribution in [0.3, 0.4) is 0 Å². The van der Waals surface area contributed by atoms with Gasteiger partial charge in [-0.25, -0.2) is 4.79 Å². The van der Waals surface area contributed by atoms with Crippen molar-refractivity contribution in [2.75, 3.05) is 6.61 Å². The first-order valence-corrected chi connectivity index (χ1v) is 6.18. The van der Waals surface area contributed by atoms with Crippen LogP contribution in [0.1, 0.15) is 13.3 Å². The average molecular weight is 309 g/mol. The molecule has 0 saturated carbocycles. The second-order valence-corrected chi connectivity index (χ2v) is 4.91. The van der Waals surface area contributed by atoms with Crippen molar-refractivity contribution in [3.63, 3.8) is 0 Å². The maximum absolute atomic E-state index is 11.1. The van der Waals surface area contributed by atoms with E-state index in [-0.39, 0.29) is 0 Å². The molecule has 1 rings (SSSR count). The smallest absolute Gasteiger partial charge is 0.364 e. The molecule has 6 atom stereocenters. The molecule has 1 fully saturated rings. The zero-order chi connectivity index (χ0) is 16.4. The minimum absolute atomic E-state index is 0.598. The lowest BCUT2D eigenvalue weighted by Crippen LogP contribution is -2.67. The summed E-state index contributed by atoms with van der Waals surface area (Å²) < 4.78 is 4.86. The lowest BCUT2D eigenvalue weighted by Gasteiger charge is -2.44. The molecule has 0 aromatic heterocycles. The number of amides is 1. The van der Waals surface area contributed by atoms with Crippen LogP contribution in [0.2, 0.25) is 0 Å². The molecule has 0 aromatic carbocycles. The van der Waals surface area contributed by atoms with Gasteiger partial charge >= 0.3 is 5.97 Å². The molecular formula is C11H19NO9. The van der Waals surface area contributed by atoms with Gasteiger partial charge in [-0.1, -0.05) is 0 Å². The molecule has 10 nitrogen and oxygen atoms in total. The maximum atomic E-state index is 11.1. The Morgan fingerprint density at radius 1 is 1.43 bits per heavy atom. The van der Waals surface area contributed by atoms with Crippen LogP contribution < -0.4 is 5.32 Å². The van der Waals surface area contributed by atoms with E-state index in [0.29, 0.717) is 0 Å². The minimum atomic E-state index is -2.78. The number of hydrogen-bond acceptors (Lipinski definition) is 8. The Kier molecular flexibility index (Phi) is 5.61. The largest absolute Gasteiger partial charge is 0.477 e. The number of carbonyl (C=O) groups excluding carboxylic acids is 1. The topological polar surface area (TPSA) is 177 Å². The third-order valence-corrected chi connectivity index (χ3v) is 3.21. The van der Waals surface area contributed by atoms with Crippen LogP contribution >= 0.6 is 0 Å². The Morgan fingerprint density at radius 3 is 2.43 bits per heavy atom. The fraction of sp³-hybridized carbons (Fsp3) is 0.818. The highest BCUT2D eigenvalue weighted by Gasteiger charge is 2.53. The third-order valence-electron chi connectivity index (χ3n) is 3.21. The van der Waals surface area contributed by atoms with E-state index < -0.39 is 61.1 Å². The van der Waals surface area contributed by atoms with E-state index >= 15 is 0 Å². The molecule has 1 amide bonds. The molecule has 0 spiro atoms. The average Bonchev–Trinajstić information content (AvgIpc) is 2.39. The summed E-state index contributed by atoms with van der Waals surface area (Å²) in [5.74, 6) is -5.17. The van der Waals surface area contributed by atoms with E-state index in [1.165, 1.54) is 0 Å². The van der Waals surface area contributed by atoms with Crippen molar-refractivity contribution in [2.24, 2.45) is 0 Å². The Labute approximate surface area is 119 Å². The van der Waals surface area contributed by atoms with Gasteiger partial charge in [0.05, 0.1) is 18.8 Å². The fourth-order valence-corrected chi connectivity index (χ4v) is 2.14. The van der Waals surface area contributed by atoms with Crippen LogP contribution in [0.5, 0.6) is 0 Å². The van der Waals surface area contributed by atoms with Crippen LogP contribution in [-0.4, -0.2) is 85.4 Å². The van der Waals surface area contributed by atoms with Gasteiger partial charge in [0.25, 0.3) is 5.79 Å². The van der Waals surface area contributed by atoms with Crippen LogP contribution in [0, 0.1) is 0 Å². The summed E-state index contributed by atoms with van der Waals surface area (Å²) >= 11 is 0. The molecule has 1 heterocycles. The highest BCUT2D eigenvalue weighted by molar-refractivity contribution is 5.76. The van der Waals surface area contributed by atoms with E-state index in [0.717, 1.165) is 6.92 Å². The summed E-state index contributed by atoms with van der Waals surface area (Å²) in [5.41, 5.74) is 0. The van der Waals surface area contributed by atoms with Gasteiger partial charge in [0, 0.05) is 13.3 Å². The number of nitrogens with one attached hydrogen (secondary N) is 1. The molecule has 7 N–H and O–H groups in total. The molecule has 0 unspecified atom stereocenters. The number of ether oxygens (including phenoxy) is 1. The van der Waals surface area contributed by atoms with E-state index in [1.807, 2.05) is 0 Å². The summed E-state index contributed by atoms with van der Waals surface area (Å²) in [4.78, 5) is 22.1. The van der Waals surface area contributed by atoms with Crippen molar-refractivity contribution in [1.29, 1.82) is 0 Å². The van der Waals surface area contributed by atoms with Gasteiger partial charge < -0.3 is 40.7 Å². The Hall–Kier alpha value is -1.30. The van der Waals surface area contributed by atoms with Gasteiger partial charge in [-0.2, -0.15) is 0 Å². The third kappa shape index (κ3) is 3.87. The van der Waals surface area contributed by atoms with Crippen molar-refractivity contribution < 1.29 is 45.0 Å². The van der Waals surface area contributed by atoms with Gasteiger partial charge in [-0.05, 0) is 0 Å². The number of aliphatic hydroxyl groups is 5. The number of carboxylic acids is 1. The second kappa shape index (κ2) is 6.64. The first-order chi connectivity index (χ1) is 9.62. The van der Waals surface area contributed by atoms with E-state index in [2.05, 4.69) is 5.32 Å². The van der Waals surface area contributed by atoms with Gasteiger partial charge in [-0.3, -0.25) is 4.79 Å². The van der Waals surface area contributed by atoms with Crippen molar-refractivity contribution in [2.45, 2.75) is 49.6 Å². The number of rotatable bonds is 5. The quantitative estimate of drug-likeness (QED) is 0.268. The van der Waals surface area contributed by atoms with Crippen LogP contribution in [0.25, 0.3) is 0 Å². The number of aliphatic hydroxyl groups excluding tert-OH is 4. The minimum Gasteiger partial charge on any atom is -0.477 e. The molecule has 10 heteroatoms. The fourth-order valence-electron chi connectivity index (χ4n) is 2.14. The first kappa shape index (κ1) is 17.8. The summed E-state index contributed by atoms with van der Waals surface area (Å²) in [5, 5.41) is 59.0. The standard InChI is InChI=1S/C11H19NO9/c1-4(14)12-7-5(15)2-11(20,10(18)19)21-9(7)8(17)6(16)3-13/h5-9,13,15-17,20H,2-3H2,1H3,(H,12,14)(H,18,19)/t5-,6-,7+,8+,9+,11-/m0/s1. The predicted octanol–water partition coefficient (Wildman–Crippen LogP) is -3.87. The number of aliphatic carboxylic acids is 1. The summed E-state index contributed by atoms with van der Waals surface area (Å²) in [6.45, 7) is 0.256. The zero-order valence-corrected chi connectivity index (χ0v) is 11.2. The van der Waals surface area contributed by atoms with Gasteiger partial charge in [0.2, 0.25) is 5.91 Å². The van der Waals surface area contributed by atoms with Crippen LogP contribution in [0.15, 0.2) is 0 Å². The molecule has 21 heavy (non-hydrogen) atoms. The summed E-state index contributed by atoms with van der Waals surface area (Å²) in [6.07, 6.45) is -7.48. The maximum Gasteiger partial charge on any atom is 0.364 e.